The number of hydrogen-bond donors (Lipinski definition) is 0. The van der Waals surface area contributed by atoms with Crippen molar-refractivity contribution in [3.63, 3.8) is 0 Å². The highest BCUT2D eigenvalue weighted by Crippen LogP contribution is 2.30. The molecule has 0 unspecified atom stereocenters. The highest BCUT2D eigenvalue weighted by Gasteiger charge is 2.20. The van der Waals surface area contributed by atoms with Crippen LogP contribution in [-0.4, -0.2) is 27.5 Å². The zero-order valence-electron chi connectivity index (χ0n) is 21.4. The Morgan fingerprint density at radius 3 is 2.38 bits per heavy atom. The molecule has 4 aromatic carbocycles. The summed E-state index contributed by atoms with van der Waals surface area (Å²) in [7, 11) is 0. The van der Waals surface area contributed by atoms with Gasteiger partial charge in [0.25, 0.3) is 5.56 Å². The van der Waals surface area contributed by atoms with Gasteiger partial charge in [-0.1, -0.05) is 54.1 Å². The number of fused-ring (bicyclic) bond motifs is 1. The Hall–Kier alpha value is -4.00. The second-order valence-corrected chi connectivity index (χ2v) is 10.3. The smallest absolute Gasteiger partial charge is 0.266 e. The third-order valence-electron chi connectivity index (χ3n) is 7.19. The third kappa shape index (κ3) is 5.31. The average Bonchev–Trinajstić information content (AvgIpc) is 3.47. The highest BCUT2D eigenvalue weighted by molar-refractivity contribution is 6.32. The second-order valence-electron chi connectivity index (χ2n) is 9.86. The van der Waals surface area contributed by atoms with Crippen LogP contribution in [0, 0.1) is 5.82 Å². The van der Waals surface area contributed by atoms with Gasteiger partial charge in [-0.25, -0.2) is 9.37 Å². The van der Waals surface area contributed by atoms with Crippen LogP contribution in [-0.2, 0) is 13.1 Å². The van der Waals surface area contributed by atoms with Crippen molar-refractivity contribution in [3.05, 3.63) is 130 Å². The van der Waals surface area contributed by atoms with Crippen LogP contribution < -0.4 is 10.5 Å². The van der Waals surface area contributed by atoms with Crippen molar-refractivity contribution >= 4 is 33.9 Å². The molecule has 1 fully saturated rings. The van der Waals surface area contributed by atoms with E-state index in [0.29, 0.717) is 28.6 Å². The van der Waals surface area contributed by atoms with Crippen molar-refractivity contribution < 1.29 is 4.39 Å². The molecule has 5 aromatic rings. The lowest BCUT2D eigenvalue weighted by molar-refractivity contribution is 0.331. The lowest BCUT2D eigenvalue weighted by Gasteiger charge is -2.27. The molecule has 5 nitrogen and oxygen atoms in total. The van der Waals surface area contributed by atoms with E-state index in [4.69, 9.17) is 16.6 Å². The summed E-state index contributed by atoms with van der Waals surface area (Å²) in [5.74, 6) is 0.0154. The maximum atomic E-state index is 14.2. The molecule has 1 aliphatic rings. The average molecular weight is 539 g/mol. The Morgan fingerprint density at radius 2 is 1.59 bits per heavy atom. The molecule has 196 valence electrons. The van der Waals surface area contributed by atoms with Gasteiger partial charge in [-0.05, 0) is 86.1 Å². The summed E-state index contributed by atoms with van der Waals surface area (Å²) in [6.45, 7) is 3.45. The topological polar surface area (TPSA) is 41.4 Å². The molecule has 7 heteroatoms. The van der Waals surface area contributed by atoms with E-state index < -0.39 is 5.82 Å². The first kappa shape index (κ1) is 25.3. The highest BCUT2D eigenvalue weighted by atomic mass is 35.5. The fraction of sp³-hybridized carbons (Fsp3) is 0.188. The van der Waals surface area contributed by atoms with Crippen molar-refractivity contribution in [1.82, 2.24) is 14.5 Å². The first-order valence-corrected chi connectivity index (χ1v) is 13.5. The predicted molar refractivity (Wildman–Crippen MR) is 156 cm³/mol. The number of benzene rings is 4. The van der Waals surface area contributed by atoms with Crippen molar-refractivity contribution in [1.29, 1.82) is 0 Å². The summed E-state index contributed by atoms with van der Waals surface area (Å²) >= 11 is 6.58. The van der Waals surface area contributed by atoms with Gasteiger partial charge in [-0.2, -0.15) is 0 Å². The molecule has 2 heterocycles. The van der Waals surface area contributed by atoms with E-state index in [0.717, 1.165) is 31.0 Å². The third-order valence-corrected chi connectivity index (χ3v) is 7.51. The Kier molecular flexibility index (Phi) is 7.14. The van der Waals surface area contributed by atoms with Crippen molar-refractivity contribution in [2.24, 2.45) is 0 Å². The summed E-state index contributed by atoms with van der Waals surface area (Å²) < 4.78 is 15.7. The Labute approximate surface area is 231 Å². The first-order valence-electron chi connectivity index (χ1n) is 13.2. The van der Waals surface area contributed by atoms with Crippen LogP contribution in [0.3, 0.4) is 0 Å². The molecule has 0 saturated carbocycles. The summed E-state index contributed by atoms with van der Waals surface area (Å²) in [6.07, 6.45) is 2.49. The molecule has 0 spiro atoms. The molecule has 6 rings (SSSR count). The molecular formula is C32H28ClFN4O. The van der Waals surface area contributed by atoms with Crippen LogP contribution in [0.5, 0.6) is 0 Å². The standard InChI is InChI=1S/C32H28ClFN4O/c33-28-13-4-5-14-30(28)38-31(35-29-16-15-24(34)20-27(29)32(38)39)22-37(25-10-2-1-3-11-25)26-12-8-9-23(19-26)21-36-17-6-7-18-36/h1-5,8-16,19-20H,6-7,17-18,21-22H2. The number of anilines is 2. The van der Waals surface area contributed by atoms with Gasteiger partial charge in [0.15, 0.2) is 0 Å². The summed E-state index contributed by atoms with van der Waals surface area (Å²) in [6, 6.07) is 29.8. The van der Waals surface area contributed by atoms with Crippen LogP contribution in [0.4, 0.5) is 15.8 Å². The molecular weight excluding hydrogens is 511 g/mol. The summed E-state index contributed by atoms with van der Waals surface area (Å²) in [5, 5.41) is 0.620. The van der Waals surface area contributed by atoms with E-state index in [1.54, 1.807) is 18.2 Å². The van der Waals surface area contributed by atoms with Crippen LogP contribution in [0.25, 0.3) is 16.6 Å². The van der Waals surface area contributed by atoms with Crippen molar-refractivity contribution in [2.45, 2.75) is 25.9 Å². The van der Waals surface area contributed by atoms with Gasteiger partial charge in [0.2, 0.25) is 0 Å². The zero-order chi connectivity index (χ0) is 26.8. The van der Waals surface area contributed by atoms with Crippen LogP contribution >= 0.6 is 11.6 Å². The fourth-order valence-electron chi connectivity index (χ4n) is 5.29. The van der Waals surface area contributed by atoms with E-state index in [1.165, 1.54) is 35.1 Å². The maximum Gasteiger partial charge on any atom is 0.266 e. The molecule has 39 heavy (non-hydrogen) atoms. The molecule has 0 radical (unpaired) electrons. The Morgan fingerprint density at radius 1 is 0.846 bits per heavy atom. The van der Waals surface area contributed by atoms with E-state index in [-0.39, 0.29) is 10.9 Å². The largest absolute Gasteiger partial charge is 0.334 e. The van der Waals surface area contributed by atoms with Gasteiger partial charge in [0.1, 0.15) is 11.6 Å². The van der Waals surface area contributed by atoms with Crippen LogP contribution in [0.15, 0.2) is 102 Å². The van der Waals surface area contributed by atoms with E-state index >= 15 is 0 Å². The quantitative estimate of drug-likeness (QED) is 0.221. The minimum absolute atomic E-state index is 0.206. The summed E-state index contributed by atoms with van der Waals surface area (Å²) in [4.78, 5) is 23.3. The van der Waals surface area contributed by atoms with Gasteiger partial charge in [0.05, 0.1) is 28.2 Å². The number of aromatic nitrogens is 2. The number of para-hydroxylation sites is 2. The fourth-order valence-corrected chi connectivity index (χ4v) is 5.51. The Bertz CT molecular complexity index is 1680. The van der Waals surface area contributed by atoms with Gasteiger partial charge >= 0.3 is 0 Å². The first-order chi connectivity index (χ1) is 19.1. The molecule has 0 N–H and O–H groups in total. The monoisotopic (exact) mass is 538 g/mol. The number of rotatable bonds is 7. The van der Waals surface area contributed by atoms with Crippen molar-refractivity contribution in [2.75, 3.05) is 18.0 Å². The van der Waals surface area contributed by atoms with Gasteiger partial charge in [-0.3, -0.25) is 14.3 Å². The predicted octanol–water partition coefficient (Wildman–Crippen LogP) is 7.11. The van der Waals surface area contributed by atoms with Gasteiger partial charge < -0.3 is 4.90 Å². The lowest BCUT2D eigenvalue weighted by atomic mass is 10.1. The van der Waals surface area contributed by atoms with Gasteiger partial charge in [-0.15, -0.1) is 0 Å². The second kappa shape index (κ2) is 11.0. The van der Waals surface area contributed by atoms with Gasteiger partial charge in [0, 0.05) is 17.9 Å². The lowest BCUT2D eigenvalue weighted by Crippen LogP contribution is -2.28. The van der Waals surface area contributed by atoms with Crippen LogP contribution in [0.2, 0.25) is 5.02 Å². The number of likely N-dealkylation sites (tertiary alicyclic amines) is 1. The normalized spacial score (nSPS) is 13.7. The number of nitrogens with zero attached hydrogens (tertiary/aromatic N) is 4. The van der Waals surface area contributed by atoms with E-state index in [9.17, 15) is 9.18 Å². The molecule has 1 aromatic heterocycles. The number of hydrogen-bond acceptors (Lipinski definition) is 4. The zero-order valence-corrected chi connectivity index (χ0v) is 22.2. The molecule has 0 bridgehead atoms. The molecule has 1 aliphatic heterocycles. The minimum atomic E-state index is -0.486. The molecule has 0 atom stereocenters. The Balaban J connectivity index is 1.50. The van der Waals surface area contributed by atoms with Crippen molar-refractivity contribution in [3.8, 4) is 5.69 Å². The molecule has 0 amide bonds. The summed E-state index contributed by atoms with van der Waals surface area (Å²) in [5.41, 5.74) is 3.79. The number of halogens is 2. The molecule has 1 saturated heterocycles. The SMILES string of the molecule is O=c1c2cc(F)ccc2nc(CN(c2ccccc2)c2cccc(CN3CCCC3)c2)n1-c1ccccc1Cl. The van der Waals surface area contributed by atoms with Crippen LogP contribution in [0.1, 0.15) is 24.2 Å². The van der Waals surface area contributed by atoms with E-state index in [2.05, 4.69) is 34.1 Å². The van der Waals surface area contributed by atoms with E-state index in [1.807, 2.05) is 42.5 Å². The minimum Gasteiger partial charge on any atom is -0.334 e. The molecule has 0 aliphatic carbocycles. The maximum absolute atomic E-state index is 14.2.